The van der Waals surface area contributed by atoms with Crippen molar-refractivity contribution < 1.29 is 14.3 Å². The predicted octanol–water partition coefficient (Wildman–Crippen LogP) is 1.44. The largest absolute Gasteiger partial charge is 0.468 e. The topological polar surface area (TPSA) is 43.4 Å². The molecule has 0 aliphatic heterocycles. The number of ether oxygens (including phenoxy) is 1. The predicted molar refractivity (Wildman–Crippen MR) is 47.1 cm³/mol. The van der Waals surface area contributed by atoms with Crippen LogP contribution in [0.1, 0.15) is 25.7 Å². The standard InChI is InChI=1S/C8H11BrO3/c1-12-7(11)8(9)5-3-2-4-6(8)10/h2-5H2,1H3. The number of carbonyl (C=O) groups excluding carboxylic acids is 2. The Morgan fingerprint density at radius 1 is 1.58 bits per heavy atom. The van der Waals surface area contributed by atoms with Crippen LogP contribution in [0.2, 0.25) is 0 Å². The lowest BCUT2D eigenvalue weighted by molar-refractivity contribution is -0.147. The van der Waals surface area contributed by atoms with E-state index in [9.17, 15) is 9.59 Å². The van der Waals surface area contributed by atoms with Gasteiger partial charge in [0.15, 0.2) is 10.1 Å². The van der Waals surface area contributed by atoms with Crippen molar-refractivity contribution >= 4 is 27.7 Å². The molecule has 3 nitrogen and oxygen atoms in total. The lowest BCUT2D eigenvalue weighted by Crippen LogP contribution is -2.43. The second-order valence-electron chi connectivity index (χ2n) is 2.92. The number of halogens is 1. The molecular weight excluding hydrogens is 224 g/mol. The van der Waals surface area contributed by atoms with E-state index in [1.807, 2.05) is 0 Å². The van der Waals surface area contributed by atoms with Gasteiger partial charge in [0.1, 0.15) is 0 Å². The van der Waals surface area contributed by atoms with Gasteiger partial charge in [-0.3, -0.25) is 9.59 Å². The van der Waals surface area contributed by atoms with Crippen LogP contribution < -0.4 is 0 Å². The lowest BCUT2D eigenvalue weighted by atomic mass is 9.88. The monoisotopic (exact) mass is 234 g/mol. The van der Waals surface area contributed by atoms with Gasteiger partial charge in [0.2, 0.25) is 0 Å². The zero-order chi connectivity index (χ0) is 9.19. The van der Waals surface area contributed by atoms with Gasteiger partial charge in [-0.1, -0.05) is 22.4 Å². The van der Waals surface area contributed by atoms with Crippen LogP contribution >= 0.6 is 15.9 Å². The molecule has 0 bridgehead atoms. The van der Waals surface area contributed by atoms with Crippen LogP contribution in [0.15, 0.2) is 0 Å². The van der Waals surface area contributed by atoms with E-state index in [-0.39, 0.29) is 5.78 Å². The average Bonchev–Trinajstić information content (AvgIpc) is 2.09. The summed E-state index contributed by atoms with van der Waals surface area (Å²) in [4.78, 5) is 22.6. The number of Topliss-reactive ketones (excluding diaryl/α,β-unsaturated/α-hetero) is 1. The van der Waals surface area contributed by atoms with E-state index in [0.29, 0.717) is 12.8 Å². The quantitative estimate of drug-likeness (QED) is 0.392. The molecule has 68 valence electrons. The molecule has 1 unspecified atom stereocenters. The lowest BCUT2D eigenvalue weighted by Gasteiger charge is -2.26. The summed E-state index contributed by atoms with van der Waals surface area (Å²) < 4.78 is 3.51. The number of ketones is 1. The van der Waals surface area contributed by atoms with E-state index in [1.165, 1.54) is 7.11 Å². The van der Waals surface area contributed by atoms with E-state index in [2.05, 4.69) is 20.7 Å². The number of methoxy groups -OCH3 is 1. The van der Waals surface area contributed by atoms with E-state index < -0.39 is 10.3 Å². The molecule has 0 N–H and O–H groups in total. The molecule has 0 spiro atoms. The third-order valence-electron chi connectivity index (χ3n) is 2.13. The van der Waals surface area contributed by atoms with Crippen molar-refractivity contribution in [1.29, 1.82) is 0 Å². The first-order valence-electron chi connectivity index (χ1n) is 3.92. The molecule has 0 radical (unpaired) electrons. The molecule has 0 amide bonds. The summed E-state index contributed by atoms with van der Waals surface area (Å²) in [7, 11) is 1.30. The van der Waals surface area contributed by atoms with E-state index >= 15 is 0 Å². The molecule has 1 rings (SSSR count). The number of carbonyl (C=O) groups is 2. The number of hydrogen-bond acceptors (Lipinski definition) is 3. The van der Waals surface area contributed by atoms with Crippen LogP contribution in [-0.4, -0.2) is 23.2 Å². The second kappa shape index (κ2) is 3.56. The highest BCUT2D eigenvalue weighted by atomic mass is 79.9. The fourth-order valence-electron chi connectivity index (χ4n) is 1.37. The highest BCUT2D eigenvalue weighted by Gasteiger charge is 2.45. The van der Waals surface area contributed by atoms with Gasteiger partial charge in [0.05, 0.1) is 7.11 Å². The maximum atomic E-state index is 11.4. The molecule has 1 aliphatic carbocycles. The summed E-state index contributed by atoms with van der Waals surface area (Å²) in [5, 5.41) is 0. The molecule has 4 heteroatoms. The summed E-state index contributed by atoms with van der Waals surface area (Å²) in [6.45, 7) is 0. The summed E-state index contributed by atoms with van der Waals surface area (Å²) in [6, 6.07) is 0. The van der Waals surface area contributed by atoms with E-state index in [1.54, 1.807) is 0 Å². The summed E-state index contributed by atoms with van der Waals surface area (Å²) in [5.41, 5.74) is 0. The van der Waals surface area contributed by atoms with Crippen LogP contribution in [-0.2, 0) is 14.3 Å². The molecule has 0 aromatic rings. The highest BCUT2D eigenvalue weighted by Crippen LogP contribution is 2.33. The van der Waals surface area contributed by atoms with Crippen LogP contribution in [0, 0.1) is 0 Å². The highest BCUT2D eigenvalue weighted by molar-refractivity contribution is 9.10. The minimum absolute atomic E-state index is 0.0550. The van der Waals surface area contributed by atoms with Crippen LogP contribution in [0.5, 0.6) is 0 Å². The Kier molecular flexibility index (Phi) is 2.88. The molecule has 1 atom stereocenters. The Labute approximate surface area is 79.6 Å². The van der Waals surface area contributed by atoms with Gasteiger partial charge in [0.25, 0.3) is 0 Å². The van der Waals surface area contributed by atoms with Crippen LogP contribution in [0.25, 0.3) is 0 Å². The molecule has 0 saturated heterocycles. The molecular formula is C8H11BrO3. The van der Waals surface area contributed by atoms with Crippen molar-refractivity contribution in [2.24, 2.45) is 0 Å². The van der Waals surface area contributed by atoms with Gasteiger partial charge in [-0.2, -0.15) is 0 Å². The minimum atomic E-state index is -1.04. The van der Waals surface area contributed by atoms with Gasteiger partial charge < -0.3 is 4.74 Å². The van der Waals surface area contributed by atoms with E-state index in [0.717, 1.165) is 12.8 Å². The van der Waals surface area contributed by atoms with Gasteiger partial charge in [-0.15, -0.1) is 0 Å². The van der Waals surface area contributed by atoms with Crippen LogP contribution in [0.4, 0.5) is 0 Å². The number of alkyl halides is 1. The van der Waals surface area contributed by atoms with Crippen molar-refractivity contribution in [3.05, 3.63) is 0 Å². The molecule has 0 heterocycles. The maximum Gasteiger partial charge on any atom is 0.330 e. The molecule has 1 aliphatic rings. The third kappa shape index (κ3) is 1.53. The van der Waals surface area contributed by atoms with Gasteiger partial charge in [-0.05, 0) is 12.8 Å². The average molecular weight is 235 g/mol. The number of hydrogen-bond donors (Lipinski definition) is 0. The van der Waals surface area contributed by atoms with Crippen molar-refractivity contribution in [2.75, 3.05) is 7.11 Å². The van der Waals surface area contributed by atoms with E-state index in [4.69, 9.17) is 0 Å². The molecule has 12 heavy (non-hydrogen) atoms. The Morgan fingerprint density at radius 2 is 2.25 bits per heavy atom. The number of rotatable bonds is 1. The fourth-order valence-corrected chi connectivity index (χ4v) is 2.01. The Morgan fingerprint density at radius 3 is 2.75 bits per heavy atom. The van der Waals surface area contributed by atoms with Crippen molar-refractivity contribution in [1.82, 2.24) is 0 Å². The van der Waals surface area contributed by atoms with Crippen molar-refractivity contribution in [3.8, 4) is 0 Å². The molecule has 1 fully saturated rings. The maximum absolute atomic E-state index is 11.4. The first-order valence-corrected chi connectivity index (χ1v) is 4.71. The zero-order valence-electron chi connectivity index (χ0n) is 6.93. The summed E-state index contributed by atoms with van der Waals surface area (Å²) >= 11 is 3.16. The van der Waals surface area contributed by atoms with Crippen LogP contribution in [0.3, 0.4) is 0 Å². The molecule has 0 aromatic carbocycles. The SMILES string of the molecule is COC(=O)C1(Br)CCCCC1=O. The molecule has 0 aromatic heterocycles. The molecule has 1 saturated carbocycles. The second-order valence-corrected chi connectivity index (χ2v) is 4.28. The van der Waals surface area contributed by atoms with Gasteiger partial charge >= 0.3 is 5.97 Å². The smallest absolute Gasteiger partial charge is 0.330 e. The first kappa shape index (κ1) is 9.71. The first-order chi connectivity index (χ1) is 5.61. The minimum Gasteiger partial charge on any atom is -0.468 e. The Balaban J connectivity index is 2.79. The summed E-state index contributed by atoms with van der Waals surface area (Å²) in [6.07, 6.45) is 2.80. The number of esters is 1. The normalized spacial score (nSPS) is 30.0. The Bertz CT molecular complexity index is 204. The van der Waals surface area contributed by atoms with Gasteiger partial charge in [-0.25, -0.2) is 0 Å². The fraction of sp³-hybridized carbons (Fsp3) is 0.750. The van der Waals surface area contributed by atoms with Crippen molar-refractivity contribution in [2.45, 2.75) is 30.0 Å². The summed E-state index contributed by atoms with van der Waals surface area (Å²) in [5.74, 6) is -0.521. The zero-order valence-corrected chi connectivity index (χ0v) is 8.52. The Hall–Kier alpha value is -0.380. The van der Waals surface area contributed by atoms with Gasteiger partial charge in [0, 0.05) is 6.42 Å². The third-order valence-corrected chi connectivity index (χ3v) is 3.29. The van der Waals surface area contributed by atoms with Crippen molar-refractivity contribution in [3.63, 3.8) is 0 Å².